The Hall–Kier alpha value is -1.51. The second-order valence-electron chi connectivity index (χ2n) is 4.55. The Labute approximate surface area is 125 Å². The van der Waals surface area contributed by atoms with Crippen LogP contribution in [-0.2, 0) is 0 Å². The van der Waals surface area contributed by atoms with Gasteiger partial charge in [0.1, 0.15) is 5.75 Å². The minimum Gasteiger partial charge on any atom is -0.494 e. The zero-order chi connectivity index (χ0) is 14.4. The van der Waals surface area contributed by atoms with Crippen LogP contribution in [0.15, 0.2) is 48.5 Å². The van der Waals surface area contributed by atoms with Crippen LogP contribution < -0.4 is 10.1 Å². The predicted molar refractivity (Wildman–Crippen MR) is 84.6 cm³/mol. The van der Waals surface area contributed by atoms with Crippen LogP contribution in [0.2, 0.25) is 5.02 Å². The lowest BCUT2D eigenvalue weighted by molar-refractivity contribution is 0.340. The van der Waals surface area contributed by atoms with E-state index in [9.17, 15) is 0 Å². The van der Waals surface area contributed by atoms with E-state index >= 15 is 0 Å². The van der Waals surface area contributed by atoms with Crippen LogP contribution in [0.4, 0.5) is 0 Å². The van der Waals surface area contributed by atoms with Crippen LogP contribution in [0, 0.1) is 0 Å². The number of rotatable bonds is 6. The van der Waals surface area contributed by atoms with Crippen molar-refractivity contribution in [2.45, 2.75) is 19.9 Å². The van der Waals surface area contributed by atoms with Crippen LogP contribution in [0.3, 0.4) is 0 Å². The minimum atomic E-state index is 0.148. The minimum absolute atomic E-state index is 0.148. The molecule has 0 aliphatic rings. The molecule has 20 heavy (non-hydrogen) atoms. The van der Waals surface area contributed by atoms with E-state index in [-0.39, 0.29) is 6.04 Å². The number of benzene rings is 2. The Bertz CT molecular complexity index is 539. The van der Waals surface area contributed by atoms with Gasteiger partial charge in [-0.15, -0.1) is 0 Å². The Morgan fingerprint density at radius 1 is 1.05 bits per heavy atom. The predicted octanol–water partition coefficient (Wildman–Crippen LogP) is 4.44. The standard InChI is InChI=1S/C17H20ClNO/c1-3-19-17(14-6-5-7-15(18)12-14)13-8-10-16(11-9-13)20-4-2/h5-12,17,19H,3-4H2,1-2H3. The van der Waals surface area contributed by atoms with Crippen LogP contribution >= 0.6 is 11.6 Å². The molecule has 2 aromatic rings. The molecule has 1 atom stereocenters. The first-order chi connectivity index (χ1) is 9.74. The molecule has 0 aliphatic heterocycles. The normalized spacial score (nSPS) is 12.2. The maximum absolute atomic E-state index is 6.10. The molecule has 0 radical (unpaired) electrons. The van der Waals surface area contributed by atoms with Gasteiger partial charge in [0.2, 0.25) is 0 Å². The van der Waals surface area contributed by atoms with Crippen molar-refractivity contribution < 1.29 is 4.74 Å². The Balaban J connectivity index is 2.28. The van der Waals surface area contributed by atoms with Crippen molar-refractivity contribution in [1.29, 1.82) is 0 Å². The van der Waals surface area contributed by atoms with Crippen molar-refractivity contribution in [3.8, 4) is 5.75 Å². The quantitative estimate of drug-likeness (QED) is 0.849. The summed E-state index contributed by atoms with van der Waals surface area (Å²) in [6.45, 7) is 5.67. The Morgan fingerprint density at radius 3 is 2.40 bits per heavy atom. The van der Waals surface area contributed by atoms with Crippen molar-refractivity contribution in [2.75, 3.05) is 13.2 Å². The van der Waals surface area contributed by atoms with E-state index in [4.69, 9.17) is 16.3 Å². The van der Waals surface area contributed by atoms with Crippen LogP contribution in [0.1, 0.15) is 31.0 Å². The molecule has 0 bridgehead atoms. The zero-order valence-electron chi connectivity index (χ0n) is 11.9. The first-order valence-corrected chi connectivity index (χ1v) is 7.34. The Morgan fingerprint density at radius 2 is 1.80 bits per heavy atom. The summed E-state index contributed by atoms with van der Waals surface area (Å²) in [5.74, 6) is 0.901. The molecular weight excluding hydrogens is 270 g/mol. The van der Waals surface area contributed by atoms with Gasteiger partial charge >= 0.3 is 0 Å². The molecule has 0 heterocycles. The molecule has 0 amide bonds. The lowest BCUT2D eigenvalue weighted by Gasteiger charge is -2.19. The highest BCUT2D eigenvalue weighted by Gasteiger charge is 2.13. The van der Waals surface area contributed by atoms with Crippen LogP contribution in [0.25, 0.3) is 0 Å². The number of hydrogen-bond acceptors (Lipinski definition) is 2. The third kappa shape index (κ3) is 3.75. The first-order valence-electron chi connectivity index (χ1n) is 6.96. The molecule has 106 valence electrons. The van der Waals surface area contributed by atoms with E-state index in [2.05, 4.69) is 30.4 Å². The van der Waals surface area contributed by atoms with E-state index in [1.54, 1.807) is 0 Å². The van der Waals surface area contributed by atoms with Gasteiger partial charge in [-0.25, -0.2) is 0 Å². The van der Waals surface area contributed by atoms with Gasteiger partial charge in [0, 0.05) is 5.02 Å². The summed E-state index contributed by atoms with van der Waals surface area (Å²) < 4.78 is 5.48. The maximum Gasteiger partial charge on any atom is 0.119 e. The van der Waals surface area contributed by atoms with Gasteiger partial charge in [0.05, 0.1) is 12.6 Å². The fourth-order valence-corrected chi connectivity index (χ4v) is 2.44. The van der Waals surface area contributed by atoms with Gasteiger partial charge < -0.3 is 10.1 Å². The fourth-order valence-electron chi connectivity index (χ4n) is 2.24. The van der Waals surface area contributed by atoms with E-state index < -0.39 is 0 Å². The smallest absolute Gasteiger partial charge is 0.119 e. The Kier molecular flexibility index (Phi) is 5.45. The highest BCUT2D eigenvalue weighted by molar-refractivity contribution is 6.30. The molecule has 2 nitrogen and oxygen atoms in total. The summed E-state index contributed by atoms with van der Waals surface area (Å²) in [5, 5.41) is 4.25. The monoisotopic (exact) mass is 289 g/mol. The van der Waals surface area contributed by atoms with Gasteiger partial charge in [-0.1, -0.05) is 42.8 Å². The molecule has 2 aromatic carbocycles. The lowest BCUT2D eigenvalue weighted by atomic mass is 9.98. The number of halogens is 1. The summed E-state index contributed by atoms with van der Waals surface area (Å²) in [7, 11) is 0. The molecule has 0 spiro atoms. The molecule has 0 aliphatic carbocycles. The van der Waals surface area contributed by atoms with Gasteiger partial charge in [0.25, 0.3) is 0 Å². The van der Waals surface area contributed by atoms with Crippen molar-refractivity contribution in [1.82, 2.24) is 5.32 Å². The lowest BCUT2D eigenvalue weighted by Crippen LogP contribution is -2.21. The molecule has 0 saturated carbocycles. The molecule has 2 rings (SSSR count). The third-order valence-electron chi connectivity index (χ3n) is 3.11. The third-order valence-corrected chi connectivity index (χ3v) is 3.35. The number of ether oxygens (including phenoxy) is 1. The van der Waals surface area contributed by atoms with Gasteiger partial charge in [0.15, 0.2) is 0 Å². The number of nitrogens with one attached hydrogen (secondary N) is 1. The van der Waals surface area contributed by atoms with Gasteiger partial charge in [-0.05, 0) is 48.9 Å². The molecule has 0 fully saturated rings. The highest BCUT2D eigenvalue weighted by atomic mass is 35.5. The van der Waals surface area contributed by atoms with Crippen molar-refractivity contribution in [2.24, 2.45) is 0 Å². The maximum atomic E-state index is 6.10. The summed E-state index contributed by atoms with van der Waals surface area (Å²) in [6, 6.07) is 16.3. The SMILES string of the molecule is CCNC(c1ccc(OCC)cc1)c1cccc(Cl)c1. The fraction of sp³-hybridized carbons (Fsp3) is 0.294. The zero-order valence-corrected chi connectivity index (χ0v) is 12.7. The average molecular weight is 290 g/mol. The topological polar surface area (TPSA) is 21.3 Å². The van der Waals surface area contributed by atoms with Crippen LogP contribution in [0.5, 0.6) is 5.75 Å². The molecular formula is C17H20ClNO. The largest absolute Gasteiger partial charge is 0.494 e. The summed E-state index contributed by atoms with van der Waals surface area (Å²) in [6.07, 6.45) is 0. The number of hydrogen-bond donors (Lipinski definition) is 1. The van der Waals surface area contributed by atoms with Crippen molar-refractivity contribution in [3.63, 3.8) is 0 Å². The molecule has 3 heteroatoms. The molecule has 0 saturated heterocycles. The molecule has 1 unspecified atom stereocenters. The summed E-state index contributed by atoms with van der Waals surface area (Å²) in [4.78, 5) is 0. The first kappa shape index (κ1) is 14.9. The van der Waals surface area contributed by atoms with Gasteiger partial charge in [-0.3, -0.25) is 0 Å². The van der Waals surface area contributed by atoms with E-state index in [1.807, 2.05) is 37.3 Å². The summed E-state index contributed by atoms with van der Waals surface area (Å²) in [5.41, 5.74) is 2.38. The van der Waals surface area contributed by atoms with Gasteiger partial charge in [-0.2, -0.15) is 0 Å². The van der Waals surface area contributed by atoms with Crippen molar-refractivity contribution in [3.05, 3.63) is 64.7 Å². The van der Waals surface area contributed by atoms with E-state index in [0.29, 0.717) is 6.61 Å². The second-order valence-corrected chi connectivity index (χ2v) is 4.98. The second kappa shape index (κ2) is 7.32. The van der Waals surface area contributed by atoms with Crippen LogP contribution in [-0.4, -0.2) is 13.2 Å². The summed E-state index contributed by atoms with van der Waals surface area (Å²) >= 11 is 6.10. The molecule has 1 N–H and O–H groups in total. The van der Waals surface area contributed by atoms with E-state index in [1.165, 1.54) is 11.1 Å². The molecule has 0 aromatic heterocycles. The average Bonchev–Trinajstić information content (AvgIpc) is 2.46. The van der Waals surface area contributed by atoms with Crippen molar-refractivity contribution >= 4 is 11.6 Å². The highest BCUT2D eigenvalue weighted by Crippen LogP contribution is 2.26. The van der Waals surface area contributed by atoms with E-state index in [0.717, 1.165) is 17.3 Å².